The standard InChI is InChI=1S/C10H14N2O3/c1-3-4-5-15-9-7-11-6-8(12-9)10(13)14-2/h6-7H,3-5H2,1-2H3. The Morgan fingerprint density at radius 1 is 1.47 bits per heavy atom. The lowest BCUT2D eigenvalue weighted by molar-refractivity contribution is 0.0592. The van der Waals surface area contributed by atoms with Crippen LogP contribution in [0.25, 0.3) is 0 Å². The molecule has 15 heavy (non-hydrogen) atoms. The number of aromatic nitrogens is 2. The van der Waals surface area contributed by atoms with Gasteiger partial charge in [0.05, 0.1) is 26.1 Å². The number of unbranched alkanes of at least 4 members (excludes halogenated alkanes) is 1. The zero-order valence-electron chi connectivity index (χ0n) is 8.90. The van der Waals surface area contributed by atoms with Gasteiger partial charge in [-0.2, -0.15) is 0 Å². The average molecular weight is 210 g/mol. The van der Waals surface area contributed by atoms with Crippen molar-refractivity contribution in [2.75, 3.05) is 13.7 Å². The third-order valence-corrected chi connectivity index (χ3v) is 1.75. The fourth-order valence-corrected chi connectivity index (χ4v) is 0.942. The number of nitrogens with zero attached hydrogens (tertiary/aromatic N) is 2. The molecule has 1 aromatic rings. The zero-order chi connectivity index (χ0) is 11.1. The maximum Gasteiger partial charge on any atom is 0.358 e. The van der Waals surface area contributed by atoms with E-state index in [0.717, 1.165) is 12.8 Å². The number of esters is 1. The number of rotatable bonds is 5. The van der Waals surface area contributed by atoms with E-state index in [-0.39, 0.29) is 5.69 Å². The van der Waals surface area contributed by atoms with Crippen molar-refractivity contribution in [1.29, 1.82) is 0 Å². The minimum Gasteiger partial charge on any atom is -0.477 e. The predicted octanol–water partition coefficient (Wildman–Crippen LogP) is 1.44. The van der Waals surface area contributed by atoms with E-state index in [2.05, 4.69) is 21.6 Å². The highest BCUT2D eigenvalue weighted by Crippen LogP contribution is 2.06. The van der Waals surface area contributed by atoms with Gasteiger partial charge in [0.1, 0.15) is 0 Å². The van der Waals surface area contributed by atoms with Crippen LogP contribution in [0.2, 0.25) is 0 Å². The Balaban J connectivity index is 2.62. The van der Waals surface area contributed by atoms with Crippen LogP contribution in [0.3, 0.4) is 0 Å². The molecule has 0 N–H and O–H groups in total. The number of hydrogen-bond donors (Lipinski definition) is 0. The van der Waals surface area contributed by atoms with Gasteiger partial charge in [0, 0.05) is 0 Å². The average Bonchev–Trinajstić information content (AvgIpc) is 2.29. The minimum atomic E-state index is -0.511. The number of carbonyl (C=O) groups excluding carboxylic acids is 1. The summed E-state index contributed by atoms with van der Waals surface area (Å²) in [6, 6.07) is 0. The summed E-state index contributed by atoms with van der Waals surface area (Å²) in [7, 11) is 1.30. The van der Waals surface area contributed by atoms with E-state index in [0.29, 0.717) is 12.5 Å². The summed E-state index contributed by atoms with van der Waals surface area (Å²) in [5, 5.41) is 0. The van der Waals surface area contributed by atoms with Crippen molar-refractivity contribution in [3.05, 3.63) is 18.1 Å². The van der Waals surface area contributed by atoms with Gasteiger partial charge in [0.25, 0.3) is 0 Å². The van der Waals surface area contributed by atoms with E-state index in [4.69, 9.17) is 4.74 Å². The number of methoxy groups -OCH3 is 1. The SMILES string of the molecule is CCCCOc1cncc(C(=O)OC)n1. The number of carbonyl (C=O) groups is 1. The quantitative estimate of drug-likeness (QED) is 0.543. The molecule has 0 amide bonds. The van der Waals surface area contributed by atoms with Gasteiger partial charge in [-0.15, -0.1) is 0 Å². The van der Waals surface area contributed by atoms with Crippen molar-refractivity contribution in [3.8, 4) is 5.88 Å². The molecule has 0 aromatic carbocycles. The second-order valence-electron chi connectivity index (χ2n) is 2.94. The van der Waals surface area contributed by atoms with Gasteiger partial charge in [0.2, 0.25) is 5.88 Å². The number of hydrogen-bond acceptors (Lipinski definition) is 5. The van der Waals surface area contributed by atoms with Crippen molar-refractivity contribution < 1.29 is 14.3 Å². The molecule has 5 heteroatoms. The summed E-state index contributed by atoms with van der Waals surface area (Å²) in [5.41, 5.74) is 0.159. The van der Waals surface area contributed by atoms with Crippen LogP contribution in [0.1, 0.15) is 30.3 Å². The Morgan fingerprint density at radius 2 is 2.27 bits per heavy atom. The summed E-state index contributed by atoms with van der Waals surface area (Å²) < 4.78 is 9.82. The Labute approximate surface area is 88.4 Å². The van der Waals surface area contributed by atoms with Crippen LogP contribution in [0.15, 0.2) is 12.4 Å². The summed E-state index contributed by atoms with van der Waals surface area (Å²) in [6.07, 6.45) is 4.81. The fraction of sp³-hybridized carbons (Fsp3) is 0.500. The highest BCUT2D eigenvalue weighted by Gasteiger charge is 2.08. The van der Waals surface area contributed by atoms with E-state index in [1.54, 1.807) is 0 Å². The van der Waals surface area contributed by atoms with Crippen molar-refractivity contribution in [3.63, 3.8) is 0 Å². The molecule has 82 valence electrons. The molecule has 1 rings (SSSR count). The van der Waals surface area contributed by atoms with Crippen molar-refractivity contribution >= 4 is 5.97 Å². The minimum absolute atomic E-state index is 0.159. The lowest BCUT2D eigenvalue weighted by Gasteiger charge is -2.04. The maximum absolute atomic E-state index is 11.1. The van der Waals surface area contributed by atoms with E-state index in [1.807, 2.05) is 0 Å². The molecular weight excluding hydrogens is 196 g/mol. The van der Waals surface area contributed by atoms with E-state index >= 15 is 0 Å². The molecule has 5 nitrogen and oxygen atoms in total. The van der Waals surface area contributed by atoms with Crippen LogP contribution in [0, 0.1) is 0 Å². The monoisotopic (exact) mass is 210 g/mol. The molecule has 0 aliphatic rings. The zero-order valence-corrected chi connectivity index (χ0v) is 8.90. The fourth-order valence-electron chi connectivity index (χ4n) is 0.942. The van der Waals surface area contributed by atoms with Gasteiger partial charge in [-0.1, -0.05) is 13.3 Å². The van der Waals surface area contributed by atoms with Gasteiger partial charge < -0.3 is 9.47 Å². The Kier molecular flexibility index (Phi) is 4.53. The summed E-state index contributed by atoms with van der Waals surface area (Å²) >= 11 is 0. The van der Waals surface area contributed by atoms with Crippen LogP contribution in [-0.2, 0) is 4.74 Å². The smallest absolute Gasteiger partial charge is 0.358 e. The molecule has 0 fully saturated rings. The first-order valence-electron chi connectivity index (χ1n) is 4.81. The molecule has 0 atom stereocenters. The summed E-state index contributed by atoms with van der Waals surface area (Å²) in [5.74, 6) is -0.158. The maximum atomic E-state index is 11.1. The third-order valence-electron chi connectivity index (χ3n) is 1.75. The van der Waals surface area contributed by atoms with Crippen LogP contribution < -0.4 is 4.74 Å². The topological polar surface area (TPSA) is 61.3 Å². The van der Waals surface area contributed by atoms with Crippen LogP contribution in [0.4, 0.5) is 0 Å². The lowest BCUT2D eigenvalue weighted by Crippen LogP contribution is -2.07. The second-order valence-corrected chi connectivity index (χ2v) is 2.94. The molecule has 0 spiro atoms. The second kappa shape index (κ2) is 5.95. The molecule has 0 bridgehead atoms. The predicted molar refractivity (Wildman–Crippen MR) is 53.8 cm³/mol. The molecule has 0 aliphatic carbocycles. The van der Waals surface area contributed by atoms with Crippen LogP contribution in [-0.4, -0.2) is 29.7 Å². The first kappa shape index (κ1) is 11.4. The number of ether oxygens (including phenoxy) is 2. The van der Waals surface area contributed by atoms with Gasteiger partial charge >= 0.3 is 5.97 Å². The highest BCUT2D eigenvalue weighted by atomic mass is 16.5. The van der Waals surface area contributed by atoms with E-state index < -0.39 is 5.97 Å². The third kappa shape index (κ3) is 3.53. The first-order chi connectivity index (χ1) is 7.27. The van der Waals surface area contributed by atoms with Crippen molar-refractivity contribution in [2.45, 2.75) is 19.8 Å². The van der Waals surface area contributed by atoms with E-state index in [9.17, 15) is 4.79 Å². The molecule has 0 saturated heterocycles. The van der Waals surface area contributed by atoms with Gasteiger partial charge in [-0.05, 0) is 6.42 Å². The van der Waals surface area contributed by atoms with Crippen molar-refractivity contribution in [1.82, 2.24) is 9.97 Å². The Hall–Kier alpha value is -1.65. The molecule has 0 saturated carbocycles. The molecule has 1 aromatic heterocycles. The molecule has 0 radical (unpaired) electrons. The first-order valence-corrected chi connectivity index (χ1v) is 4.81. The Bertz CT molecular complexity index is 328. The van der Waals surface area contributed by atoms with Gasteiger partial charge in [-0.3, -0.25) is 4.98 Å². The molecule has 1 heterocycles. The largest absolute Gasteiger partial charge is 0.477 e. The van der Waals surface area contributed by atoms with Crippen LogP contribution >= 0.6 is 0 Å². The van der Waals surface area contributed by atoms with Crippen LogP contribution in [0.5, 0.6) is 5.88 Å². The highest BCUT2D eigenvalue weighted by molar-refractivity contribution is 5.86. The molecular formula is C10H14N2O3. The van der Waals surface area contributed by atoms with Crippen molar-refractivity contribution in [2.24, 2.45) is 0 Å². The molecule has 0 aliphatic heterocycles. The molecule has 0 unspecified atom stereocenters. The summed E-state index contributed by atoms with van der Waals surface area (Å²) in [4.78, 5) is 18.9. The lowest BCUT2D eigenvalue weighted by atomic mass is 10.4. The normalized spacial score (nSPS) is 9.73. The summed E-state index contributed by atoms with van der Waals surface area (Å²) in [6.45, 7) is 2.65. The van der Waals surface area contributed by atoms with E-state index in [1.165, 1.54) is 19.5 Å². The van der Waals surface area contributed by atoms with Gasteiger partial charge in [-0.25, -0.2) is 9.78 Å². The van der Waals surface area contributed by atoms with Gasteiger partial charge in [0.15, 0.2) is 5.69 Å². The Morgan fingerprint density at radius 3 is 2.93 bits per heavy atom.